The molecule has 1 aromatic heterocycles. The van der Waals surface area contributed by atoms with Gasteiger partial charge in [-0.25, -0.2) is 18.4 Å². The summed E-state index contributed by atoms with van der Waals surface area (Å²) in [7, 11) is -3.92. The minimum Gasteiger partial charge on any atom is -0.493 e. The Labute approximate surface area is 204 Å². The molecule has 0 saturated carbocycles. The number of nitrogens with one attached hydrogen (secondary N) is 2. The van der Waals surface area contributed by atoms with Crippen molar-refractivity contribution in [3.8, 4) is 5.75 Å². The highest BCUT2D eigenvalue weighted by Gasteiger charge is 2.32. The topological polar surface area (TPSA) is 157 Å². The summed E-state index contributed by atoms with van der Waals surface area (Å²) in [6.45, 7) is 4.52. The first-order valence-electron chi connectivity index (χ1n) is 11.6. The maximum Gasteiger partial charge on any atom is 0.241 e. The Kier molecular flexibility index (Phi) is 7.22. The fraction of sp³-hybridized carbons (Fsp3) is 0.478. The number of ether oxygens (including phenoxy) is 1. The van der Waals surface area contributed by atoms with Gasteiger partial charge in [0.25, 0.3) is 0 Å². The van der Waals surface area contributed by atoms with Gasteiger partial charge in [0, 0.05) is 36.5 Å². The predicted molar refractivity (Wildman–Crippen MR) is 128 cm³/mol. The fourth-order valence-corrected chi connectivity index (χ4v) is 5.67. The summed E-state index contributed by atoms with van der Waals surface area (Å²) < 4.78 is 34.0. The van der Waals surface area contributed by atoms with Crippen molar-refractivity contribution in [3.63, 3.8) is 0 Å². The van der Waals surface area contributed by atoms with Crippen LogP contribution in [0.3, 0.4) is 0 Å². The van der Waals surface area contributed by atoms with Crippen LogP contribution in [0, 0.1) is 13.8 Å². The number of rotatable bonds is 7. The number of anilines is 1. The van der Waals surface area contributed by atoms with Gasteiger partial charge in [-0.05, 0) is 56.9 Å². The van der Waals surface area contributed by atoms with Crippen molar-refractivity contribution in [2.45, 2.75) is 57.0 Å². The van der Waals surface area contributed by atoms with Crippen LogP contribution < -0.4 is 20.5 Å². The highest BCUT2D eigenvalue weighted by molar-refractivity contribution is 7.89. The summed E-state index contributed by atoms with van der Waals surface area (Å²) in [5.74, 6) is 0.0968. The number of carbonyl (C=O) groups excluding carboxylic acids is 2. The molecule has 1 unspecified atom stereocenters. The number of aryl methyl sites for hydroxylation is 2. The number of amides is 2. The number of hydrogen-bond donors (Lipinski definition) is 3. The van der Waals surface area contributed by atoms with Crippen LogP contribution in [0.1, 0.15) is 41.8 Å². The minimum atomic E-state index is -3.92. The van der Waals surface area contributed by atoms with E-state index >= 15 is 0 Å². The molecular weight excluding hydrogens is 472 g/mol. The summed E-state index contributed by atoms with van der Waals surface area (Å²) in [5, 5.41) is 2.80. The van der Waals surface area contributed by atoms with Crippen LogP contribution in [0.25, 0.3) is 0 Å². The molecule has 0 bridgehead atoms. The lowest BCUT2D eigenvalue weighted by Gasteiger charge is -2.24. The maximum atomic E-state index is 13.2. The van der Waals surface area contributed by atoms with Crippen molar-refractivity contribution in [2.75, 3.05) is 25.4 Å². The van der Waals surface area contributed by atoms with Crippen molar-refractivity contribution in [1.82, 2.24) is 24.9 Å². The molecule has 1 atom stereocenters. The van der Waals surface area contributed by atoms with Gasteiger partial charge in [-0.1, -0.05) is 0 Å². The molecule has 4 rings (SSSR count). The first kappa shape index (κ1) is 24.9. The Balaban J connectivity index is 1.40. The molecule has 1 aromatic carbocycles. The Hall–Kier alpha value is -3.25. The molecule has 2 aliphatic heterocycles. The molecule has 188 valence electrons. The van der Waals surface area contributed by atoms with Crippen LogP contribution in [-0.2, 0) is 32.6 Å². The molecule has 2 amide bonds. The van der Waals surface area contributed by atoms with E-state index in [1.54, 1.807) is 26.0 Å². The Morgan fingerprint density at radius 1 is 1.23 bits per heavy atom. The number of sulfonamides is 1. The van der Waals surface area contributed by atoms with Crippen LogP contribution in [-0.4, -0.2) is 60.8 Å². The summed E-state index contributed by atoms with van der Waals surface area (Å²) in [5.41, 5.74) is 8.59. The zero-order valence-electron chi connectivity index (χ0n) is 19.8. The van der Waals surface area contributed by atoms with Crippen LogP contribution in [0.4, 0.5) is 5.95 Å². The summed E-state index contributed by atoms with van der Waals surface area (Å²) >= 11 is 0. The Bertz CT molecular complexity index is 1230. The SMILES string of the molecule is Cc1nc(N)nc(C)c1CNC(=O)CN1CCCCC(NS(=O)(=O)c2ccc3c(c2)CCO3)C1=O. The predicted octanol–water partition coefficient (Wildman–Crippen LogP) is 0.586. The van der Waals surface area contributed by atoms with Crippen LogP contribution >= 0.6 is 0 Å². The molecule has 2 aromatic rings. The van der Waals surface area contributed by atoms with Gasteiger partial charge in [0.15, 0.2) is 0 Å². The van der Waals surface area contributed by atoms with Gasteiger partial charge in [-0.3, -0.25) is 9.59 Å². The molecular formula is C23H30N6O5S. The van der Waals surface area contributed by atoms with Gasteiger partial charge in [-0.2, -0.15) is 4.72 Å². The second-order valence-electron chi connectivity index (χ2n) is 8.81. The van der Waals surface area contributed by atoms with E-state index in [2.05, 4.69) is 20.0 Å². The van der Waals surface area contributed by atoms with Crippen molar-refractivity contribution in [3.05, 3.63) is 40.7 Å². The number of fused-ring (bicyclic) bond motifs is 1. The second kappa shape index (κ2) is 10.2. The summed E-state index contributed by atoms with van der Waals surface area (Å²) in [4.78, 5) is 35.5. The largest absolute Gasteiger partial charge is 0.493 e. The lowest BCUT2D eigenvalue weighted by atomic mass is 10.1. The highest BCUT2D eigenvalue weighted by atomic mass is 32.2. The molecule has 4 N–H and O–H groups in total. The molecule has 2 aliphatic rings. The fourth-order valence-electron chi connectivity index (χ4n) is 4.39. The number of nitrogens with two attached hydrogens (primary N) is 1. The van der Waals surface area contributed by atoms with Gasteiger partial charge in [0.1, 0.15) is 11.8 Å². The molecule has 0 radical (unpaired) electrons. The third-order valence-electron chi connectivity index (χ3n) is 6.28. The molecule has 0 spiro atoms. The zero-order chi connectivity index (χ0) is 25.2. The summed E-state index contributed by atoms with van der Waals surface area (Å²) in [6.07, 6.45) is 2.35. The number of carbonyl (C=O) groups is 2. The standard InChI is InChI=1S/C23H30N6O5S/c1-14-18(15(2)27-23(24)26-14)12-25-21(30)13-29-9-4-3-5-19(22(29)31)28-35(32,33)17-6-7-20-16(11-17)8-10-34-20/h6-7,11,19,28H,3-5,8-10,12-13H2,1-2H3,(H,25,30)(H2,24,26,27). The number of aromatic nitrogens is 2. The average Bonchev–Trinajstić information content (AvgIpc) is 3.20. The molecule has 1 saturated heterocycles. The van der Waals surface area contributed by atoms with Crippen molar-refractivity contribution in [2.24, 2.45) is 0 Å². The molecule has 12 heteroatoms. The minimum absolute atomic E-state index is 0.0968. The Morgan fingerprint density at radius 2 is 1.97 bits per heavy atom. The average molecular weight is 503 g/mol. The highest BCUT2D eigenvalue weighted by Crippen LogP contribution is 2.28. The number of benzene rings is 1. The van der Waals surface area contributed by atoms with Gasteiger partial charge in [-0.15, -0.1) is 0 Å². The van der Waals surface area contributed by atoms with E-state index in [1.807, 2.05) is 0 Å². The van der Waals surface area contributed by atoms with Gasteiger partial charge < -0.3 is 20.7 Å². The van der Waals surface area contributed by atoms with E-state index in [9.17, 15) is 18.0 Å². The Morgan fingerprint density at radius 3 is 2.71 bits per heavy atom. The first-order chi connectivity index (χ1) is 16.6. The van der Waals surface area contributed by atoms with Crippen molar-refractivity contribution in [1.29, 1.82) is 0 Å². The monoisotopic (exact) mass is 502 g/mol. The first-order valence-corrected chi connectivity index (χ1v) is 13.1. The third kappa shape index (κ3) is 5.70. The van der Waals surface area contributed by atoms with Crippen molar-refractivity contribution < 1.29 is 22.7 Å². The van der Waals surface area contributed by atoms with Crippen LogP contribution in [0.2, 0.25) is 0 Å². The zero-order valence-corrected chi connectivity index (χ0v) is 20.7. The van der Waals surface area contributed by atoms with Crippen LogP contribution in [0.5, 0.6) is 5.75 Å². The van der Waals surface area contributed by atoms with Gasteiger partial charge in [0.05, 0.1) is 18.0 Å². The van der Waals surface area contributed by atoms with Gasteiger partial charge >= 0.3 is 0 Å². The summed E-state index contributed by atoms with van der Waals surface area (Å²) in [6, 6.07) is 3.76. The molecule has 35 heavy (non-hydrogen) atoms. The quantitative estimate of drug-likeness (QED) is 0.496. The molecule has 11 nitrogen and oxygen atoms in total. The van der Waals surface area contributed by atoms with Gasteiger partial charge in [0.2, 0.25) is 27.8 Å². The molecule has 0 aliphatic carbocycles. The smallest absolute Gasteiger partial charge is 0.241 e. The maximum absolute atomic E-state index is 13.2. The lowest BCUT2D eigenvalue weighted by molar-refractivity contribution is -0.136. The van der Waals surface area contributed by atoms with E-state index in [-0.39, 0.29) is 29.8 Å². The lowest BCUT2D eigenvalue weighted by Crippen LogP contribution is -2.49. The number of nitrogens with zero attached hydrogens (tertiary/aromatic N) is 3. The van der Waals surface area contributed by atoms with E-state index in [4.69, 9.17) is 10.5 Å². The number of nitrogen functional groups attached to an aromatic ring is 1. The van der Waals surface area contributed by atoms with E-state index in [0.29, 0.717) is 56.0 Å². The van der Waals surface area contributed by atoms with E-state index in [1.165, 1.54) is 11.0 Å². The van der Waals surface area contributed by atoms with E-state index < -0.39 is 22.0 Å². The molecule has 1 fully saturated rings. The number of hydrogen-bond acceptors (Lipinski definition) is 8. The molecule has 3 heterocycles. The third-order valence-corrected chi connectivity index (χ3v) is 7.75. The van der Waals surface area contributed by atoms with E-state index in [0.717, 1.165) is 11.1 Å². The second-order valence-corrected chi connectivity index (χ2v) is 10.5. The van der Waals surface area contributed by atoms with Crippen LogP contribution in [0.15, 0.2) is 23.1 Å². The van der Waals surface area contributed by atoms with Crippen molar-refractivity contribution >= 4 is 27.8 Å². The number of likely N-dealkylation sites (tertiary alicyclic amines) is 1. The normalized spacial score (nSPS) is 18.1.